The first-order valence-corrected chi connectivity index (χ1v) is 9.58. The van der Waals surface area contributed by atoms with Crippen LogP contribution in [0.25, 0.3) is 6.08 Å². The van der Waals surface area contributed by atoms with Gasteiger partial charge in [0, 0.05) is 35.4 Å². The van der Waals surface area contributed by atoms with E-state index in [0.717, 1.165) is 59.4 Å². The number of nitrogens with zero attached hydrogens (tertiary/aromatic N) is 3. The highest BCUT2D eigenvalue weighted by Crippen LogP contribution is 2.21. The number of rotatable bonds is 4. The van der Waals surface area contributed by atoms with Gasteiger partial charge in [-0.25, -0.2) is 0 Å². The molecule has 1 amide bonds. The molecule has 1 saturated heterocycles. The van der Waals surface area contributed by atoms with Crippen molar-refractivity contribution in [2.75, 3.05) is 13.1 Å². The molecule has 1 fully saturated rings. The molecule has 26 heavy (non-hydrogen) atoms. The number of piperidine rings is 1. The van der Waals surface area contributed by atoms with Gasteiger partial charge in [-0.1, -0.05) is 36.7 Å². The lowest BCUT2D eigenvalue weighted by atomic mass is 9.99. The predicted molar refractivity (Wildman–Crippen MR) is 106 cm³/mol. The SMILES string of the molecule is Cc1nn(Cc2ccccc2Cl)c(C)c1/C=C/C(=O)N1CCC(C)CC1. The standard InChI is InChI=1S/C21H26ClN3O/c1-15-10-12-24(13-11-15)21(26)9-8-19-16(2)23-25(17(19)3)14-18-6-4-5-7-20(18)22/h4-9,15H,10-14H2,1-3H3/b9-8+. The Morgan fingerprint density at radius 1 is 1.27 bits per heavy atom. The molecule has 1 aliphatic rings. The van der Waals surface area contributed by atoms with Crippen molar-refractivity contribution in [3.05, 3.63) is 57.9 Å². The predicted octanol–water partition coefficient (Wildman–Crippen LogP) is 4.47. The van der Waals surface area contributed by atoms with E-state index in [9.17, 15) is 4.79 Å². The maximum absolute atomic E-state index is 12.4. The molecule has 0 atom stereocenters. The van der Waals surface area contributed by atoms with Gasteiger partial charge in [-0.05, 0) is 50.3 Å². The van der Waals surface area contributed by atoms with Crippen molar-refractivity contribution in [1.29, 1.82) is 0 Å². The first-order chi connectivity index (χ1) is 12.5. The van der Waals surface area contributed by atoms with E-state index in [1.807, 2.05) is 53.8 Å². The molecule has 1 aromatic carbocycles. The van der Waals surface area contributed by atoms with E-state index >= 15 is 0 Å². The zero-order valence-corrected chi connectivity index (χ0v) is 16.5. The number of hydrogen-bond donors (Lipinski definition) is 0. The molecule has 5 heteroatoms. The van der Waals surface area contributed by atoms with Crippen LogP contribution in [0.5, 0.6) is 0 Å². The van der Waals surface area contributed by atoms with E-state index in [1.54, 1.807) is 6.08 Å². The fourth-order valence-corrected chi connectivity index (χ4v) is 3.58. The Labute approximate surface area is 160 Å². The van der Waals surface area contributed by atoms with E-state index in [1.165, 1.54) is 0 Å². The minimum Gasteiger partial charge on any atom is -0.339 e. The van der Waals surface area contributed by atoms with Gasteiger partial charge in [0.1, 0.15) is 0 Å². The van der Waals surface area contributed by atoms with E-state index in [-0.39, 0.29) is 5.91 Å². The van der Waals surface area contributed by atoms with Gasteiger partial charge in [0.05, 0.1) is 12.2 Å². The van der Waals surface area contributed by atoms with Gasteiger partial charge in [0.15, 0.2) is 0 Å². The average Bonchev–Trinajstić information content (AvgIpc) is 2.89. The number of aryl methyl sites for hydroxylation is 1. The number of benzene rings is 1. The van der Waals surface area contributed by atoms with E-state index in [4.69, 9.17) is 11.6 Å². The summed E-state index contributed by atoms with van der Waals surface area (Å²) < 4.78 is 1.95. The van der Waals surface area contributed by atoms with Crippen LogP contribution in [0.15, 0.2) is 30.3 Å². The highest BCUT2D eigenvalue weighted by Gasteiger charge is 2.19. The van der Waals surface area contributed by atoms with E-state index < -0.39 is 0 Å². The van der Waals surface area contributed by atoms with Crippen LogP contribution in [-0.2, 0) is 11.3 Å². The summed E-state index contributed by atoms with van der Waals surface area (Å²) in [5.74, 6) is 0.810. The number of amides is 1. The van der Waals surface area contributed by atoms with Gasteiger partial charge in [-0.15, -0.1) is 0 Å². The summed E-state index contributed by atoms with van der Waals surface area (Å²) in [6.07, 6.45) is 5.77. The van der Waals surface area contributed by atoms with Crippen LogP contribution < -0.4 is 0 Å². The lowest BCUT2D eigenvalue weighted by molar-refractivity contribution is -0.127. The second-order valence-corrected chi connectivity index (χ2v) is 7.58. The maximum atomic E-state index is 12.4. The highest BCUT2D eigenvalue weighted by molar-refractivity contribution is 6.31. The quantitative estimate of drug-likeness (QED) is 0.743. The van der Waals surface area contributed by atoms with Crippen molar-refractivity contribution < 1.29 is 4.79 Å². The lowest BCUT2D eigenvalue weighted by Crippen LogP contribution is -2.36. The summed E-state index contributed by atoms with van der Waals surface area (Å²) in [6, 6.07) is 7.80. The molecule has 0 bridgehead atoms. The first kappa shape index (κ1) is 18.7. The van der Waals surface area contributed by atoms with Gasteiger partial charge in [-0.2, -0.15) is 5.10 Å². The van der Waals surface area contributed by atoms with Crippen molar-refractivity contribution >= 4 is 23.6 Å². The number of aromatic nitrogens is 2. The van der Waals surface area contributed by atoms with Gasteiger partial charge >= 0.3 is 0 Å². The van der Waals surface area contributed by atoms with Crippen molar-refractivity contribution in [3.63, 3.8) is 0 Å². The fraction of sp³-hybridized carbons (Fsp3) is 0.429. The van der Waals surface area contributed by atoms with Crippen molar-refractivity contribution in [2.45, 2.75) is 40.2 Å². The molecule has 4 nitrogen and oxygen atoms in total. The monoisotopic (exact) mass is 371 g/mol. The second kappa shape index (κ2) is 8.09. The van der Waals surface area contributed by atoms with Gasteiger partial charge in [-0.3, -0.25) is 9.48 Å². The largest absolute Gasteiger partial charge is 0.339 e. The maximum Gasteiger partial charge on any atom is 0.246 e. The zero-order valence-electron chi connectivity index (χ0n) is 15.7. The van der Waals surface area contributed by atoms with Crippen LogP contribution in [-0.4, -0.2) is 33.7 Å². The molecule has 2 heterocycles. The molecule has 2 aromatic rings. The molecule has 0 unspecified atom stereocenters. The Hall–Kier alpha value is -2.07. The molecule has 3 rings (SSSR count). The van der Waals surface area contributed by atoms with Crippen LogP contribution in [0.3, 0.4) is 0 Å². The molecule has 0 aliphatic carbocycles. The Balaban J connectivity index is 1.73. The highest BCUT2D eigenvalue weighted by atomic mass is 35.5. The van der Waals surface area contributed by atoms with Crippen LogP contribution in [0.1, 0.15) is 42.3 Å². The zero-order chi connectivity index (χ0) is 18.7. The van der Waals surface area contributed by atoms with Crippen LogP contribution >= 0.6 is 11.6 Å². The summed E-state index contributed by atoms with van der Waals surface area (Å²) in [5, 5.41) is 5.37. The van der Waals surface area contributed by atoms with Crippen molar-refractivity contribution in [1.82, 2.24) is 14.7 Å². The van der Waals surface area contributed by atoms with Crippen LogP contribution in [0.2, 0.25) is 5.02 Å². The molecule has 1 aliphatic heterocycles. The third kappa shape index (κ3) is 4.18. The normalized spacial score (nSPS) is 15.8. The summed E-state index contributed by atoms with van der Waals surface area (Å²) in [4.78, 5) is 14.4. The number of hydrogen-bond acceptors (Lipinski definition) is 2. The minimum atomic E-state index is 0.0922. The first-order valence-electron chi connectivity index (χ1n) is 9.20. The molecular weight excluding hydrogens is 346 g/mol. The van der Waals surface area contributed by atoms with E-state index in [2.05, 4.69) is 12.0 Å². The number of halogens is 1. The third-order valence-electron chi connectivity index (χ3n) is 5.20. The van der Waals surface area contributed by atoms with Gasteiger partial charge in [0.25, 0.3) is 0 Å². The Morgan fingerprint density at radius 2 is 1.96 bits per heavy atom. The molecule has 138 valence electrons. The van der Waals surface area contributed by atoms with Crippen molar-refractivity contribution in [2.24, 2.45) is 5.92 Å². The topological polar surface area (TPSA) is 38.1 Å². The van der Waals surface area contributed by atoms with Crippen LogP contribution in [0, 0.1) is 19.8 Å². The molecule has 1 aromatic heterocycles. The van der Waals surface area contributed by atoms with E-state index in [0.29, 0.717) is 6.54 Å². The molecule has 0 radical (unpaired) electrons. The number of likely N-dealkylation sites (tertiary alicyclic amines) is 1. The van der Waals surface area contributed by atoms with Gasteiger partial charge < -0.3 is 4.90 Å². The summed E-state index contributed by atoms with van der Waals surface area (Å²) in [7, 11) is 0. The molecule has 0 spiro atoms. The summed E-state index contributed by atoms with van der Waals surface area (Å²) in [6.45, 7) is 8.59. The average molecular weight is 372 g/mol. The summed E-state index contributed by atoms with van der Waals surface area (Å²) >= 11 is 6.27. The summed E-state index contributed by atoms with van der Waals surface area (Å²) in [5.41, 5.74) is 4.01. The molecular formula is C21H26ClN3O. The Morgan fingerprint density at radius 3 is 2.65 bits per heavy atom. The fourth-order valence-electron chi connectivity index (χ4n) is 3.38. The molecule has 0 N–H and O–H groups in total. The Kier molecular flexibility index (Phi) is 5.82. The van der Waals surface area contributed by atoms with Crippen LogP contribution in [0.4, 0.5) is 0 Å². The number of carbonyl (C=O) groups is 1. The number of carbonyl (C=O) groups excluding carboxylic acids is 1. The smallest absolute Gasteiger partial charge is 0.246 e. The minimum absolute atomic E-state index is 0.0922. The lowest BCUT2D eigenvalue weighted by Gasteiger charge is -2.29. The molecule has 0 saturated carbocycles. The van der Waals surface area contributed by atoms with Gasteiger partial charge in [0.2, 0.25) is 5.91 Å². The van der Waals surface area contributed by atoms with Crippen molar-refractivity contribution in [3.8, 4) is 0 Å². The Bertz CT molecular complexity index is 817. The second-order valence-electron chi connectivity index (χ2n) is 7.17. The third-order valence-corrected chi connectivity index (χ3v) is 5.57.